The number of benzene rings is 1. The summed E-state index contributed by atoms with van der Waals surface area (Å²) >= 11 is 0. The molecular formula is C19H18F6N4O4. The van der Waals surface area contributed by atoms with Crippen molar-refractivity contribution in [2.75, 3.05) is 31.8 Å². The summed E-state index contributed by atoms with van der Waals surface area (Å²) in [5.41, 5.74) is 0.331. The molecule has 14 heteroatoms. The second kappa shape index (κ2) is 10.1. The zero-order valence-electron chi connectivity index (χ0n) is 16.9. The van der Waals surface area contributed by atoms with Crippen molar-refractivity contribution < 1.29 is 45.3 Å². The van der Waals surface area contributed by atoms with Gasteiger partial charge in [-0.25, -0.2) is 9.97 Å². The summed E-state index contributed by atoms with van der Waals surface area (Å²) < 4.78 is 88.4. The maximum Gasteiger partial charge on any atom is 0.573 e. The number of carbonyl (C=O) groups is 1. The number of halogens is 6. The monoisotopic (exact) mass is 480 g/mol. The summed E-state index contributed by atoms with van der Waals surface area (Å²) in [5.74, 6) is -1.48. The number of rotatable bonds is 7. The van der Waals surface area contributed by atoms with Crippen LogP contribution in [0.3, 0.4) is 0 Å². The fourth-order valence-corrected chi connectivity index (χ4v) is 2.82. The third-order valence-corrected chi connectivity index (χ3v) is 4.18. The standard InChI is InChI=1S/C19H18F6N4O4/c20-18(21,22)10-32-14-4-12(5-15(6-14)33-19(23,24)25)7-26-17-27-8-13(9-28-17)16(30)29-2-1-3-31-11-29/h4-6,8-9H,1-3,7,10-11H2,(H,26,27,28). The highest BCUT2D eigenvalue weighted by Crippen LogP contribution is 2.29. The van der Waals surface area contributed by atoms with E-state index in [1.165, 1.54) is 17.3 Å². The molecule has 180 valence electrons. The van der Waals surface area contributed by atoms with E-state index in [9.17, 15) is 31.1 Å². The molecule has 1 N–H and O–H groups in total. The van der Waals surface area contributed by atoms with Crippen molar-refractivity contribution in [1.29, 1.82) is 0 Å². The summed E-state index contributed by atoms with van der Waals surface area (Å²) in [4.78, 5) is 21.8. The van der Waals surface area contributed by atoms with Crippen LogP contribution in [0.2, 0.25) is 0 Å². The number of nitrogens with zero attached hydrogens (tertiary/aromatic N) is 3. The zero-order valence-corrected chi connectivity index (χ0v) is 16.9. The van der Waals surface area contributed by atoms with Crippen LogP contribution >= 0.6 is 0 Å². The summed E-state index contributed by atoms with van der Waals surface area (Å²) in [6.07, 6.45) is -6.47. The van der Waals surface area contributed by atoms with Gasteiger partial charge in [0.15, 0.2) is 6.61 Å². The van der Waals surface area contributed by atoms with E-state index in [2.05, 4.69) is 24.8 Å². The lowest BCUT2D eigenvalue weighted by molar-refractivity contribution is -0.274. The van der Waals surface area contributed by atoms with Crippen molar-refractivity contribution >= 4 is 11.9 Å². The van der Waals surface area contributed by atoms with Gasteiger partial charge in [0.25, 0.3) is 5.91 Å². The van der Waals surface area contributed by atoms with E-state index in [0.717, 1.165) is 12.1 Å². The van der Waals surface area contributed by atoms with Crippen LogP contribution < -0.4 is 14.8 Å². The number of hydrogen-bond acceptors (Lipinski definition) is 7. The number of amides is 1. The van der Waals surface area contributed by atoms with Crippen molar-refractivity contribution in [1.82, 2.24) is 14.9 Å². The molecule has 0 unspecified atom stereocenters. The molecule has 0 aliphatic carbocycles. The molecular weight excluding hydrogens is 462 g/mol. The predicted octanol–water partition coefficient (Wildman–Crippen LogP) is 3.75. The Balaban J connectivity index is 1.67. The van der Waals surface area contributed by atoms with Gasteiger partial charge >= 0.3 is 12.5 Å². The van der Waals surface area contributed by atoms with Gasteiger partial charge in [-0.1, -0.05) is 0 Å². The molecule has 1 amide bonds. The van der Waals surface area contributed by atoms with E-state index >= 15 is 0 Å². The molecule has 3 rings (SSSR count). The molecule has 1 aliphatic heterocycles. The Morgan fingerprint density at radius 1 is 1.09 bits per heavy atom. The van der Waals surface area contributed by atoms with Crippen LogP contribution in [-0.4, -0.2) is 59.8 Å². The van der Waals surface area contributed by atoms with E-state index in [4.69, 9.17) is 4.74 Å². The van der Waals surface area contributed by atoms with Gasteiger partial charge in [0, 0.05) is 31.5 Å². The van der Waals surface area contributed by atoms with Crippen LogP contribution in [0.1, 0.15) is 22.3 Å². The van der Waals surface area contributed by atoms with Gasteiger partial charge in [-0.05, 0) is 24.1 Å². The van der Waals surface area contributed by atoms with Crippen molar-refractivity contribution in [2.45, 2.75) is 25.5 Å². The van der Waals surface area contributed by atoms with Crippen LogP contribution in [0.5, 0.6) is 11.5 Å². The molecule has 1 aromatic heterocycles. The maximum absolute atomic E-state index is 12.6. The van der Waals surface area contributed by atoms with Crippen molar-refractivity contribution in [2.24, 2.45) is 0 Å². The number of hydrogen-bond donors (Lipinski definition) is 1. The molecule has 1 fully saturated rings. The average Bonchev–Trinajstić information content (AvgIpc) is 2.75. The number of aromatic nitrogens is 2. The Hall–Kier alpha value is -3.29. The third kappa shape index (κ3) is 7.97. The lowest BCUT2D eigenvalue weighted by Gasteiger charge is -2.26. The second-order valence-electron chi connectivity index (χ2n) is 6.87. The molecule has 33 heavy (non-hydrogen) atoms. The minimum Gasteiger partial charge on any atom is -0.484 e. The highest BCUT2D eigenvalue weighted by atomic mass is 19.4. The Morgan fingerprint density at radius 2 is 1.79 bits per heavy atom. The first-order valence-electron chi connectivity index (χ1n) is 9.51. The Bertz CT molecular complexity index is 947. The van der Waals surface area contributed by atoms with Crippen molar-refractivity contribution in [3.8, 4) is 11.5 Å². The van der Waals surface area contributed by atoms with Crippen LogP contribution in [-0.2, 0) is 11.3 Å². The fraction of sp³-hybridized carbons (Fsp3) is 0.421. The molecule has 2 aromatic rings. The topological polar surface area (TPSA) is 85.8 Å². The Kier molecular flexibility index (Phi) is 7.46. The van der Waals surface area contributed by atoms with Crippen molar-refractivity contribution in [3.05, 3.63) is 41.7 Å². The molecule has 8 nitrogen and oxygen atoms in total. The lowest BCUT2D eigenvalue weighted by Crippen LogP contribution is -2.38. The van der Waals surface area contributed by atoms with Gasteiger partial charge in [0.2, 0.25) is 5.95 Å². The summed E-state index contributed by atoms with van der Waals surface area (Å²) in [5, 5.41) is 2.71. The predicted molar refractivity (Wildman–Crippen MR) is 101 cm³/mol. The molecule has 1 aliphatic rings. The summed E-state index contributed by atoms with van der Waals surface area (Å²) in [6, 6.07) is 2.80. The third-order valence-electron chi connectivity index (χ3n) is 4.18. The van der Waals surface area contributed by atoms with E-state index in [-0.39, 0.29) is 36.3 Å². The van der Waals surface area contributed by atoms with E-state index in [1.54, 1.807) is 0 Å². The molecule has 1 aromatic carbocycles. The highest BCUT2D eigenvalue weighted by Gasteiger charge is 2.32. The number of nitrogens with one attached hydrogen (secondary N) is 1. The van der Waals surface area contributed by atoms with E-state index in [0.29, 0.717) is 25.6 Å². The number of carbonyl (C=O) groups excluding carboxylic acids is 1. The van der Waals surface area contributed by atoms with E-state index in [1.807, 2.05) is 0 Å². The quantitative estimate of drug-likeness (QED) is 0.605. The van der Waals surface area contributed by atoms with Crippen LogP contribution in [0, 0.1) is 0 Å². The normalized spacial score (nSPS) is 14.7. The average molecular weight is 480 g/mol. The van der Waals surface area contributed by atoms with Gasteiger partial charge in [0.05, 0.1) is 12.2 Å². The summed E-state index contributed by atoms with van der Waals surface area (Å²) in [6.45, 7) is -0.580. The number of anilines is 1. The molecule has 0 bridgehead atoms. The zero-order chi connectivity index (χ0) is 24.1. The van der Waals surface area contributed by atoms with Crippen molar-refractivity contribution in [3.63, 3.8) is 0 Å². The van der Waals surface area contributed by atoms with Crippen LogP contribution in [0.4, 0.5) is 32.3 Å². The molecule has 0 spiro atoms. The number of ether oxygens (including phenoxy) is 3. The molecule has 1 saturated heterocycles. The highest BCUT2D eigenvalue weighted by molar-refractivity contribution is 5.93. The molecule has 0 saturated carbocycles. The van der Waals surface area contributed by atoms with Gasteiger partial charge in [-0.3, -0.25) is 4.79 Å². The minimum atomic E-state index is -5.04. The van der Waals surface area contributed by atoms with Gasteiger partial charge in [0.1, 0.15) is 18.2 Å². The van der Waals surface area contributed by atoms with Gasteiger partial charge in [-0.15, -0.1) is 13.2 Å². The Labute approximate surface area is 183 Å². The number of alkyl halides is 6. The first-order chi connectivity index (χ1) is 15.5. The summed E-state index contributed by atoms with van der Waals surface area (Å²) in [7, 11) is 0. The minimum absolute atomic E-state index is 0.0429. The first kappa shape index (κ1) is 24.4. The molecule has 2 heterocycles. The smallest absolute Gasteiger partial charge is 0.484 e. The largest absolute Gasteiger partial charge is 0.573 e. The van der Waals surface area contributed by atoms with E-state index < -0.39 is 30.6 Å². The molecule has 0 atom stereocenters. The second-order valence-corrected chi connectivity index (χ2v) is 6.87. The molecule has 0 radical (unpaired) electrons. The van der Waals surface area contributed by atoms with Crippen LogP contribution in [0.25, 0.3) is 0 Å². The lowest BCUT2D eigenvalue weighted by atomic mass is 10.2. The fourth-order valence-electron chi connectivity index (χ4n) is 2.82. The van der Waals surface area contributed by atoms with Crippen LogP contribution in [0.15, 0.2) is 30.6 Å². The first-order valence-corrected chi connectivity index (χ1v) is 9.51. The van der Waals surface area contributed by atoms with Gasteiger partial charge < -0.3 is 24.4 Å². The Morgan fingerprint density at radius 3 is 2.39 bits per heavy atom. The SMILES string of the molecule is O=C(c1cnc(NCc2cc(OCC(F)(F)F)cc(OC(F)(F)F)c2)nc1)N1CCCOC1. The van der Waals surface area contributed by atoms with Gasteiger partial charge in [-0.2, -0.15) is 13.2 Å². The maximum atomic E-state index is 12.6.